The van der Waals surface area contributed by atoms with Gasteiger partial charge in [0.15, 0.2) is 0 Å². The van der Waals surface area contributed by atoms with E-state index >= 15 is 0 Å². The maximum Gasteiger partial charge on any atom is 0.241 e. The molecule has 0 unspecified atom stereocenters. The Kier molecular flexibility index (Phi) is 4.98. The summed E-state index contributed by atoms with van der Waals surface area (Å²) in [6, 6.07) is 4.34. The molecule has 0 aliphatic carbocycles. The predicted molar refractivity (Wildman–Crippen MR) is 86.2 cm³/mol. The third-order valence-corrected chi connectivity index (χ3v) is 5.74. The lowest BCUT2D eigenvalue weighted by molar-refractivity contribution is 0.0551. The van der Waals surface area contributed by atoms with E-state index in [4.69, 9.17) is 4.74 Å². The number of ether oxygens (including phenoxy) is 1. The first-order chi connectivity index (χ1) is 11.5. The van der Waals surface area contributed by atoms with Gasteiger partial charge in [-0.05, 0) is 43.0 Å². The summed E-state index contributed by atoms with van der Waals surface area (Å²) in [5, 5.41) is 0. The Balaban J connectivity index is 1.91. The van der Waals surface area contributed by atoms with Gasteiger partial charge in [-0.15, -0.1) is 0 Å². The minimum absolute atomic E-state index is 0.0372. The van der Waals surface area contributed by atoms with Crippen molar-refractivity contribution in [2.75, 3.05) is 13.2 Å². The number of halogens is 1. The van der Waals surface area contributed by atoms with Crippen LogP contribution in [0, 0.1) is 11.7 Å². The molecule has 6 nitrogen and oxygen atoms in total. The van der Waals surface area contributed by atoms with Crippen molar-refractivity contribution in [3.05, 3.63) is 48.3 Å². The van der Waals surface area contributed by atoms with E-state index in [2.05, 4.69) is 9.71 Å². The highest BCUT2D eigenvalue weighted by atomic mass is 32.2. The summed E-state index contributed by atoms with van der Waals surface area (Å²) in [5.41, 5.74) is 0. The van der Waals surface area contributed by atoms with Gasteiger partial charge >= 0.3 is 0 Å². The number of sulfonamides is 1. The zero-order valence-electron chi connectivity index (χ0n) is 13.4. The Morgan fingerprint density at radius 1 is 1.29 bits per heavy atom. The SMILES string of the molecule is Cn1ccnc1[C@H](NS(=O)(=O)c1ccc(F)cc1)C1CCOCC1. The van der Waals surface area contributed by atoms with E-state index < -0.39 is 21.9 Å². The molecule has 1 saturated heterocycles. The van der Waals surface area contributed by atoms with Crippen LogP contribution >= 0.6 is 0 Å². The molecule has 0 radical (unpaired) electrons. The summed E-state index contributed by atoms with van der Waals surface area (Å²) in [6.45, 7) is 1.20. The highest BCUT2D eigenvalue weighted by molar-refractivity contribution is 7.89. The van der Waals surface area contributed by atoms with Gasteiger partial charge in [0.2, 0.25) is 10.0 Å². The third kappa shape index (κ3) is 3.66. The fourth-order valence-corrected chi connectivity index (χ4v) is 4.20. The molecule has 1 aromatic carbocycles. The second-order valence-corrected chi connectivity index (χ2v) is 7.61. The van der Waals surface area contributed by atoms with E-state index in [-0.39, 0.29) is 10.8 Å². The molecule has 1 aromatic heterocycles. The van der Waals surface area contributed by atoms with Crippen molar-refractivity contribution in [1.29, 1.82) is 0 Å². The van der Waals surface area contributed by atoms with E-state index in [0.29, 0.717) is 19.0 Å². The van der Waals surface area contributed by atoms with Gasteiger partial charge in [0.1, 0.15) is 11.6 Å². The van der Waals surface area contributed by atoms with E-state index in [1.165, 1.54) is 12.1 Å². The number of nitrogens with one attached hydrogen (secondary N) is 1. The van der Waals surface area contributed by atoms with Crippen LogP contribution in [0.3, 0.4) is 0 Å². The molecule has 0 saturated carbocycles. The smallest absolute Gasteiger partial charge is 0.241 e. The van der Waals surface area contributed by atoms with Crippen LogP contribution in [0.5, 0.6) is 0 Å². The Hall–Kier alpha value is -1.77. The third-order valence-electron chi connectivity index (χ3n) is 4.28. The number of hydrogen-bond donors (Lipinski definition) is 1. The van der Waals surface area contributed by atoms with Crippen LogP contribution < -0.4 is 4.72 Å². The summed E-state index contributed by atoms with van der Waals surface area (Å²) in [6.07, 6.45) is 4.94. The van der Waals surface area contributed by atoms with Crippen LogP contribution in [0.25, 0.3) is 0 Å². The molecule has 1 aliphatic rings. The molecular weight excluding hydrogens is 333 g/mol. The molecule has 1 atom stereocenters. The second-order valence-electron chi connectivity index (χ2n) is 5.90. The zero-order chi connectivity index (χ0) is 17.2. The molecule has 8 heteroatoms. The van der Waals surface area contributed by atoms with Gasteiger partial charge in [0.25, 0.3) is 0 Å². The first-order valence-electron chi connectivity index (χ1n) is 7.80. The lowest BCUT2D eigenvalue weighted by atomic mass is 9.92. The zero-order valence-corrected chi connectivity index (χ0v) is 14.2. The van der Waals surface area contributed by atoms with Crippen LogP contribution in [-0.4, -0.2) is 31.2 Å². The number of aryl methyl sites for hydroxylation is 1. The summed E-state index contributed by atoms with van der Waals surface area (Å²) < 4.78 is 48.4. The normalized spacial score (nSPS) is 17.8. The molecule has 1 aliphatic heterocycles. The summed E-state index contributed by atoms with van der Waals surface area (Å²) in [5.74, 6) is 0.279. The minimum atomic E-state index is -3.78. The standard InChI is InChI=1S/C16H20FN3O3S/c1-20-9-8-18-16(20)15(12-6-10-23-11-7-12)19-24(21,22)14-4-2-13(17)3-5-14/h2-5,8-9,12,15,19H,6-7,10-11H2,1H3/t15-/m1/s1. The Morgan fingerprint density at radius 2 is 1.96 bits per heavy atom. The van der Waals surface area contributed by atoms with Crippen molar-refractivity contribution in [3.8, 4) is 0 Å². The van der Waals surface area contributed by atoms with Gasteiger partial charge in [0, 0.05) is 32.7 Å². The van der Waals surface area contributed by atoms with Crippen LogP contribution in [0.15, 0.2) is 41.6 Å². The van der Waals surface area contributed by atoms with Crippen molar-refractivity contribution < 1.29 is 17.5 Å². The molecule has 130 valence electrons. The second kappa shape index (κ2) is 7.00. The van der Waals surface area contributed by atoms with Crippen molar-refractivity contribution in [3.63, 3.8) is 0 Å². The molecule has 0 bridgehead atoms. The van der Waals surface area contributed by atoms with Gasteiger partial charge in [-0.1, -0.05) is 0 Å². The van der Waals surface area contributed by atoms with Gasteiger partial charge in [-0.3, -0.25) is 0 Å². The van der Waals surface area contributed by atoms with Crippen molar-refractivity contribution in [1.82, 2.24) is 14.3 Å². The first-order valence-corrected chi connectivity index (χ1v) is 9.28. The van der Waals surface area contributed by atoms with Gasteiger partial charge in [0.05, 0.1) is 10.9 Å². The number of imidazole rings is 1. The molecule has 1 N–H and O–H groups in total. The monoisotopic (exact) mass is 353 g/mol. The van der Waals surface area contributed by atoms with Crippen LogP contribution in [0.1, 0.15) is 24.7 Å². The molecule has 3 rings (SSSR count). The average molecular weight is 353 g/mol. The molecule has 1 fully saturated rings. The largest absolute Gasteiger partial charge is 0.381 e. The van der Waals surface area contributed by atoms with Gasteiger partial charge in [-0.25, -0.2) is 22.5 Å². The quantitative estimate of drug-likeness (QED) is 0.892. The van der Waals surface area contributed by atoms with E-state index in [9.17, 15) is 12.8 Å². The first kappa shape index (κ1) is 17.1. The average Bonchev–Trinajstić information content (AvgIpc) is 3.00. The fraction of sp³-hybridized carbons (Fsp3) is 0.438. The Bertz CT molecular complexity index is 783. The minimum Gasteiger partial charge on any atom is -0.381 e. The van der Waals surface area contributed by atoms with E-state index in [1.807, 2.05) is 11.6 Å². The summed E-state index contributed by atoms with van der Waals surface area (Å²) in [7, 11) is -1.95. The predicted octanol–water partition coefficient (Wildman–Crippen LogP) is 2.01. The topological polar surface area (TPSA) is 73.2 Å². The maximum absolute atomic E-state index is 13.1. The Labute approximate surface area is 140 Å². The number of aromatic nitrogens is 2. The Morgan fingerprint density at radius 3 is 2.54 bits per heavy atom. The molecule has 0 amide bonds. The molecular formula is C16H20FN3O3S. The fourth-order valence-electron chi connectivity index (χ4n) is 2.93. The number of hydrogen-bond acceptors (Lipinski definition) is 4. The van der Waals surface area contributed by atoms with Crippen LogP contribution in [-0.2, 0) is 21.8 Å². The van der Waals surface area contributed by atoms with E-state index in [0.717, 1.165) is 25.0 Å². The number of nitrogens with zero attached hydrogens (tertiary/aromatic N) is 2. The lowest BCUT2D eigenvalue weighted by Crippen LogP contribution is -2.37. The maximum atomic E-state index is 13.1. The van der Waals surface area contributed by atoms with Gasteiger partial charge in [-0.2, -0.15) is 0 Å². The van der Waals surface area contributed by atoms with Crippen molar-refractivity contribution in [2.45, 2.75) is 23.8 Å². The number of rotatable bonds is 5. The van der Waals surface area contributed by atoms with Crippen molar-refractivity contribution >= 4 is 10.0 Å². The van der Waals surface area contributed by atoms with Crippen LogP contribution in [0.4, 0.5) is 4.39 Å². The van der Waals surface area contributed by atoms with Gasteiger partial charge < -0.3 is 9.30 Å². The summed E-state index contributed by atoms with van der Waals surface area (Å²) in [4.78, 5) is 4.36. The lowest BCUT2D eigenvalue weighted by Gasteiger charge is -2.30. The summed E-state index contributed by atoms with van der Waals surface area (Å²) >= 11 is 0. The highest BCUT2D eigenvalue weighted by Gasteiger charge is 2.32. The van der Waals surface area contributed by atoms with Crippen molar-refractivity contribution in [2.24, 2.45) is 13.0 Å². The molecule has 0 spiro atoms. The van der Waals surface area contributed by atoms with Crippen LogP contribution in [0.2, 0.25) is 0 Å². The highest BCUT2D eigenvalue weighted by Crippen LogP contribution is 2.30. The van der Waals surface area contributed by atoms with E-state index in [1.54, 1.807) is 12.4 Å². The molecule has 24 heavy (non-hydrogen) atoms. The number of benzene rings is 1. The molecule has 2 heterocycles. The molecule has 2 aromatic rings.